The standard InChI is InChI=1S/3C21H42O2S2.C12H25.Sn/c3*1-3-4-5-6-7-8-9-10-11-12-13-14-15-16-17-18-19-25-20(2)21(22)23-24;1-3-5-7-9-11-12-10-8-6-4-2;/h3*20,24H,3-19H2,1-2H3;1,3-12H2,2H3;/q;;;;+3/p-3. The molecular weight excluding hydrogens is 1310 g/mol. The van der Waals surface area contributed by atoms with Gasteiger partial charge in [0.15, 0.2) is 0 Å². The average Bonchev–Trinajstić information content (AvgIpc) is 3.56. The van der Waals surface area contributed by atoms with E-state index in [4.69, 9.17) is 0 Å². The molecule has 0 aliphatic heterocycles. The molecular formula is C75H148O6S6Sn. The van der Waals surface area contributed by atoms with Crippen LogP contribution in [0.15, 0.2) is 0 Å². The SMILES string of the molecule is CCCCCCCCCCCCCCCCCCSC(C)C(=O)O[S-].CCCCCCCCCCCCCCCCCCSC(C)C(=O)O[S-].CCCCCCCCCCCCCCCCCCSC(C)C(=O)O[S-].CCCCCCCCCCC[CH2][Sn+3]. The number of carbonyl (C=O) groups is 3. The van der Waals surface area contributed by atoms with Crippen molar-refractivity contribution in [2.24, 2.45) is 0 Å². The Kier molecular flexibility index (Phi) is 96.0. The van der Waals surface area contributed by atoms with Gasteiger partial charge < -0.3 is 51.3 Å². The molecule has 0 aliphatic rings. The zero-order valence-electron chi connectivity index (χ0n) is 59.5. The van der Waals surface area contributed by atoms with Crippen LogP contribution < -0.4 is 0 Å². The zero-order chi connectivity index (χ0) is 65.5. The minimum absolute atomic E-state index is 0.117. The fourth-order valence-corrected chi connectivity index (χ4v) is 14.8. The number of thioether (sulfide) groups is 3. The Morgan fingerprint density at radius 3 is 0.500 bits per heavy atom. The molecule has 13 heteroatoms. The molecule has 0 aromatic heterocycles. The third-order valence-corrected chi connectivity index (χ3v) is 22.0. The summed E-state index contributed by atoms with van der Waals surface area (Å²) >= 11 is 19.6. The van der Waals surface area contributed by atoms with Gasteiger partial charge in [0.25, 0.3) is 17.9 Å². The molecule has 524 valence electrons. The van der Waals surface area contributed by atoms with Crippen LogP contribution in [0.2, 0.25) is 4.44 Å². The van der Waals surface area contributed by atoms with Crippen LogP contribution in [0.5, 0.6) is 0 Å². The Labute approximate surface area is 594 Å². The van der Waals surface area contributed by atoms with Crippen LogP contribution >= 0.6 is 35.3 Å². The molecule has 0 fully saturated rings. The van der Waals surface area contributed by atoms with Gasteiger partial charge in [0.05, 0.1) is 15.7 Å². The molecule has 0 aromatic rings. The van der Waals surface area contributed by atoms with Crippen molar-refractivity contribution in [3.63, 3.8) is 0 Å². The second-order valence-electron chi connectivity index (χ2n) is 25.6. The van der Waals surface area contributed by atoms with E-state index in [1.165, 1.54) is 377 Å². The van der Waals surface area contributed by atoms with Crippen LogP contribution in [0, 0.1) is 0 Å². The first-order chi connectivity index (χ1) is 43.1. The van der Waals surface area contributed by atoms with Crippen LogP contribution in [0.3, 0.4) is 0 Å². The van der Waals surface area contributed by atoms with Crippen LogP contribution in [0.1, 0.15) is 421 Å². The van der Waals surface area contributed by atoms with Crippen LogP contribution in [-0.4, -0.2) is 73.4 Å². The quantitative estimate of drug-likeness (QED) is 0.0331. The summed E-state index contributed by atoms with van der Waals surface area (Å²) in [6.07, 6.45) is 81.5. The molecule has 0 aromatic carbocycles. The van der Waals surface area contributed by atoms with E-state index in [1.54, 1.807) is 57.8 Å². The predicted molar refractivity (Wildman–Crippen MR) is 407 cm³/mol. The van der Waals surface area contributed by atoms with Gasteiger partial charge in [-0.2, -0.15) is 0 Å². The van der Waals surface area contributed by atoms with E-state index in [9.17, 15) is 14.4 Å². The van der Waals surface area contributed by atoms with Gasteiger partial charge in [-0.3, -0.25) is 14.4 Å². The first-order valence-electron chi connectivity index (χ1n) is 38.1. The summed E-state index contributed by atoms with van der Waals surface area (Å²) < 4.78 is 14.4. The predicted octanol–water partition coefficient (Wildman–Crippen LogP) is 26.6. The van der Waals surface area contributed by atoms with Crippen molar-refractivity contribution < 1.29 is 26.9 Å². The molecule has 0 amide bonds. The van der Waals surface area contributed by atoms with Gasteiger partial charge in [0, 0.05) is 0 Å². The molecule has 0 rings (SSSR count). The normalized spacial score (nSPS) is 12.0. The van der Waals surface area contributed by atoms with Gasteiger partial charge in [0.1, 0.15) is 0 Å². The Morgan fingerprint density at radius 1 is 0.250 bits per heavy atom. The summed E-state index contributed by atoms with van der Waals surface area (Å²) in [6.45, 7) is 14.7. The van der Waals surface area contributed by atoms with Gasteiger partial charge in [0.2, 0.25) is 0 Å². The first-order valence-corrected chi connectivity index (χ1v) is 44.2. The van der Waals surface area contributed by atoms with Crippen molar-refractivity contribution in [1.82, 2.24) is 0 Å². The number of hydrogen-bond donors (Lipinski definition) is 0. The molecule has 0 bridgehead atoms. The molecule has 0 saturated carbocycles. The summed E-state index contributed by atoms with van der Waals surface area (Å²) in [4.78, 5) is 33.5. The first kappa shape index (κ1) is 95.7. The van der Waals surface area contributed by atoms with Crippen molar-refractivity contribution in [3.05, 3.63) is 0 Å². The van der Waals surface area contributed by atoms with Crippen molar-refractivity contribution in [2.45, 2.75) is 441 Å². The van der Waals surface area contributed by atoms with E-state index in [-0.39, 0.29) is 33.7 Å². The number of hydrogen-bond acceptors (Lipinski definition) is 12. The van der Waals surface area contributed by atoms with Crippen LogP contribution in [0.25, 0.3) is 0 Å². The molecule has 3 unspecified atom stereocenters. The second kappa shape index (κ2) is 88.3. The van der Waals surface area contributed by atoms with Crippen LogP contribution in [0.4, 0.5) is 0 Å². The van der Waals surface area contributed by atoms with Crippen LogP contribution in [-0.2, 0) is 65.7 Å². The molecule has 0 spiro atoms. The Hall–Kier alpha value is 1.31. The molecule has 0 aliphatic carbocycles. The van der Waals surface area contributed by atoms with E-state index < -0.39 is 0 Å². The van der Waals surface area contributed by atoms with Crippen molar-refractivity contribution in [2.75, 3.05) is 17.3 Å². The third-order valence-electron chi connectivity index (χ3n) is 16.9. The second-order valence-corrected chi connectivity index (χ2v) is 31.9. The summed E-state index contributed by atoms with van der Waals surface area (Å²) in [6, 6.07) is 0. The fraction of sp³-hybridized carbons (Fsp3) is 0.960. The Bertz CT molecular complexity index is 1160. The Balaban J connectivity index is -0.000000547. The van der Waals surface area contributed by atoms with Crippen molar-refractivity contribution >= 4 is 114 Å². The summed E-state index contributed by atoms with van der Waals surface area (Å²) in [5.74, 6) is 2.25. The maximum absolute atomic E-state index is 11.2. The summed E-state index contributed by atoms with van der Waals surface area (Å²) in [5.41, 5.74) is 0. The molecule has 0 radical (unpaired) electrons. The molecule has 3 atom stereocenters. The monoisotopic (exact) mass is 1460 g/mol. The molecule has 88 heavy (non-hydrogen) atoms. The third kappa shape index (κ3) is 87.3. The van der Waals surface area contributed by atoms with E-state index >= 15 is 0 Å². The molecule has 6 nitrogen and oxygen atoms in total. The fourth-order valence-electron chi connectivity index (χ4n) is 10.8. The summed E-state index contributed by atoms with van der Waals surface area (Å²) in [7, 11) is 0. The average molecular weight is 1460 g/mol. The van der Waals surface area contributed by atoms with Gasteiger partial charge in [-0.05, 0) is 57.3 Å². The Morgan fingerprint density at radius 2 is 0.375 bits per heavy atom. The zero-order valence-corrected chi connectivity index (χ0v) is 67.2. The van der Waals surface area contributed by atoms with E-state index in [0.29, 0.717) is 0 Å². The van der Waals surface area contributed by atoms with Crippen molar-refractivity contribution in [1.29, 1.82) is 0 Å². The number of unbranched alkanes of at least 4 members (excludes halogenated alkanes) is 54. The maximum atomic E-state index is 11.2. The van der Waals surface area contributed by atoms with Gasteiger partial charge in [-0.15, -0.1) is 35.3 Å². The number of carbonyl (C=O) groups excluding carboxylic acids is 3. The molecule has 0 heterocycles. The molecule has 0 N–H and O–H groups in total. The topological polar surface area (TPSA) is 78.9 Å². The van der Waals surface area contributed by atoms with E-state index in [1.807, 2.05) is 20.8 Å². The van der Waals surface area contributed by atoms with Gasteiger partial charge >= 0.3 is 98.1 Å². The van der Waals surface area contributed by atoms with E-state index in [2.05, 4.69) is 79.0 Å². The summed E-state index contributed by atoms with van der Waals surface area (Å²) in [5, 5.41) is -0.350. The van der Waals surface area contributed by atoms with E-state index in [0.717, 1.165) is 17.3 Å². The van der Waals surface area contributed by atoms with Crippen molar-refractivity contribution in [3.8, 4) is 0 Å². The van der Waals surface area contributed by atoms with Gasteiger partial charge in [-0.1, -0.05) is 310 Å². The minimum atomic E-state index is -0.281. The van der Waals surface area contributed by atoms with Gasteiger partial charge in [-0.25, -0.2) is 0 Å². The number of rotatable bonds is 67. The molecule has 0 saturated heterocycles.